The highest BCUT2D eigenvalue weighted by Crippen LogP contribution is 2.30. The molecule has 2 heterocycles. The van der Waals surface area contributed by atoms with Crippen molar-refractivity contribution in [1.29, 1.82) is 0 Å². The van der Waals surface area contributed by atoms with Gasteiger partial charge in [-0.15, -0.1) is 11.3 Å². The molecule has 0 fully saturated rings. The Morgan fingerprint density at radius 2 is 2.05 bits per heavy atom. The van der Waals surface area contributed by atoms with Gasteiger partial charge in [0, 0.05) is 17.5 Å². The maximum absolute atomic E-state index is 11.2. The molecule has 0 saturated carbocycles. The highest BCUT2D eigenvalue weighted by atomic mass is 32.2. The number of hydrogen-bond acceptors (Lipinski definition) is 5. The molecule has 0 amide bonds. The van der Waals surface area contributed by atoms with Gasteiger partial charge in [-0.25, -0.2) is 9.78 Å². The van der Waals surface area contributed by atoms with Gasteiger partial charge in [-0.2, -0.15) is 0 Å². The van der Waals surface area contributed by atoms with Crippen molar-refractivity contribution in [2.45, 2.75) is 10.1 Å². The standard InChI is InChI=1S/C12H9N3O2S2/c16-10-5-7(13-11(17)15-10)6-18-12-14-8-3-1-2-4-9(8)19-12/h1-5H,6H2,(H2,13,15,16,17). The molecule has 0 unspecified atom stereocenters. The van der Waals surface area contributed by atoms with E-state index in [9.17, 15) is 9.59 Å². The van der Waals surface area contributed by atoms with Gasteiger partial charge in [0.25, 0.3) is 5.56 Å². The molecule has 1 aromatic carbocycles. The number of nitrogens with one attached hydrogen (secondary N) is 2. The number of para-hydroxylation sites is 1. The number of aromatic amines is 2. The van der Waals surface area contributed by atoms with E-state index >= 15 is 0 Å². The van der Waals surface area contributed by atoms with Crippen LogP contribution in [0.5, 0.6) is 0 Å². The number of thiazole rings is 1. The Hall–Kier alpha value is -1.86. The number of thioether (sulfide) groups is 1. The van der Waals surface area contributed by atoms with E-state index in [0.717, 1.165) is 14.6 Å². The molecular formula is C12H9N3O2S2. The van der Waals surface area contributed by atoms with E-state index < -0.39 is 5.69 Å². The molecule has 3 rings (SSSR count). The zero-order chi connectivity index (χ0) is 13.2. The minimum absolute atomic E-state index is 0.386. The Labute approximate surface area is 115 Å². The SMILES string of the molecule is O=c1cc(CSc2nc3ccccc3s2)[nH]c(=O)[nH]1. The van der Waals surface area contributed by atoms with Crippen LogP contribution in [0.15, 0.2) is 44.3 Å². The highest BCUT2D eigenvalue weighted by molar-refractivity contribution is 8.00. The van der Waals surface area contributed by atoms with Gasteiger partial charge in [0.05, 0.1) is 10.2 Å². The number of hydrogen-bond donors (Lipinski definition) is 2. The summed E-state index contributed by atoms with van der Waals surface area (Å²) in [6.07, 6.45) is 0. The summed E-state index contributed by atoms with van der Waals surface area (Å²) in [5, 5.41) is 0. The van der Waals surface area contributed by atoms with Crippen LogP contribution in [0.2, 0.25) is 0 Å². The molecule has 7 heteroatoms. The monoisotopic (exact) mass is 291 g/mol. The van der Waals surface area contributed by atoms with Crippen molar-refractivity contribution in [3.63, 3.8) is 0 Å². The Balaban J connectivity index is 1.82. The van der Waals surface area contributed by atoms with Crippen LogP contribution in [-0.2, 0) is 5.75 Å². The Morgan fingerprint density at radius 3 is 2.84 bits per heavy atom. The van der Waals surface area contributed by atoms with Gasteiger partial charge >= 0.3 is 5.69 Å². The maximum atomic E-state index is 11.2. The van der Waals surface area contributed by atoms with Gasteiger partial charge in [-0.05, 0) is 12.1 Å². The molecule has 0 aliphatic heterocycles. The van der Waals surface area contributed by atoms with Crippen LogP contribution in [0.4, 0.5) is 0 Å². The summed E-state index contributed by atoms with van der Waals surface area (Å²) in [5.41, 5.74) is 0.698. The molecule has 0 spiro atoms. The molecule has 96 valence electrons. The molecule has 0 bridgehead atoms. The number of aromatic nitrogens is 3. The van der Waals surface area contributed by atoms with Crippen molar-refractivity contribution in [1.82, 2.24) is 15.0 Å². The molecule has 5 nitrogen and oxygen atoms in total. The number of H-pyrrole nitrogens is 2. The molecule has 2 N–H and O–H groups in total. The molecule has 0 saturated heterocycles. The highest BCUT2D eigenvalue weighted by Gasteiger charge is 2.05. The summed E-state index contributed by atoms with van der Waals surface area (Å²) in [4.78, 5) is 31.5. The Morgan fingerprint density at radius 1 is 1.21 bits per heavy atom. The number of fused-ring (bicyclic) bond motifs is 1. The third kappa shape index (κ3) is 2.77. The van der Waals surface area contributed by atoms with Crippen molar-refractivity contribution in [2.75, 3.05) is 0 Å². The number of rotatable bonds is 3. The zero-order valence-electron chi connectivity index (χ0n) is 9.67. The summed E-state index contributed by atoms with van der Waals surface area (Å²) < 4.78 is 2.05. The van der Waals surface area contributed by atoms with Crippen LogP contribution in [0.1, 0.15) is 5.69 Å². The first-order valence-corrected chi connectivity index (χ1v) is 7.32. The molecule has 0 aliphatic rings. The predicted molar refractivity (Wildman–Crippen MR) is 76.9 cm³/mol. The van der Waals surface area contributed by atoms with Crippen LogP contribution in [0, 0.1) is 0 Å². The van der Waals surface area contributed by atoms with Crippen LogP contribution in [0.25, 0.3) is 10.2 Å². The largest absolute Gasteiger partial charge is 0.325 e. The van der Waals surface area contributed by atoms with E-state index in [4.69, 9.17) is 0 Å². The zero-order valence-corrected chi connectivity index (χ0v) is 11.3. The van der Waals surface area contributed by atoms with Gasteiger partial charge in [0.2, 0.25) is 0 Å². The van der Waals surface area contributed by atoms with Gasteiger partial charge < -0.3 is 4.98 Å². The second-order valence-electron chi connectivity index (χ2n) is 3.85. The third-order valence-corrected chi connectivity index (χ3v) is 4.67. The molecule has 0 atom stereocenters. The minimum atomic E-state index is -0.479. The first-order valence-electron chi connectivity index (χ1n) is 5.51. The molecule has 3 aromatic rings. The van der Waals surface area contributed by atoms with Crippen LogP contribution in [-0.4, -0.2) is 15.0 Å². The van der Waals surface area contributed by atoms with Crippen molar-refractivity contribution < 1.29 is 0 Å². The Bertz CT molecular complexity index is 773. The average Bonchev–Trinajstić information content (AvgIpc) is 2.78. The van der Waals surface area contributed by atoms with E-state index in [-0.39, 0.29) is 5.56 Å². The van der Waals surface area contributed by atoms with Gasteiger partial charge in [0.15, 0.2) is 4.34 Å². The lowest BCUT2D eigenvalue weighted by molar-refractivity contribution is 0.986. The fourth-order valence-corrected chi connectivity index (χ4v) is 3.63. The van der Waals surface area contributed by atoms with E-state index in [1.807, 2.05) is 24.3 Å². The van der Waals surface area contributed by atoms with Crippen molar-refractivity contribution in [3.05, 3.63) is 56.9 Å². The fraction of sp³-hybridized carbons (Fsp3) is 0.0833. The van der Waals surface area contributed by atoms with Crippen LogP contribution in [0.3, 0.4) is 0 Å². The summed E-state index contributed by atoms with van der Waals surface area (Å²) in [7, 11) is 0. The minimum Gasteiger partial charge on any atom is -0.310 e. The van der Waals surface area contributed by atoms with E-state index in [1.165, 1.54) is 17.8 Å². The topological polar surface area (TPSA) is 78.6 Å². The van der Waals surface area contributed by atoms with Crippen molar-refractivity contribution >= 4 is 33.3 Å². The summed E-state index contributed by atoms with van der Waals surface area (Å²) in [6.45, 7) is 0. The first kappa shape index (κ1) is 12.2. The van der Waals surface area contributed by atoms with Gasteiger partial charge in [0.1, 0.15) is 0 Å². The fourth-order valence-electron chi connectivity index (χ4n) is 1.65. The smallest absolute Gasteiger partial charge is 0.310 e. The second kappa shape index (κ2) is 5.02. The predicted octanol–water partition coefficient (Wildman–Crippen LogP) is 1.97. The molecule has 0 aliphatic carbocycles. The molecular weight excluding hydrogens is 282 g/mol. The average molecular weight is 291 g/mol. The molecule has 19 heavy (non-hydrogen) atoms. The van der Waals surface area contributed by atoms with Crippen LogP contribution < -0.4 is 11.2 Å². The second-order valence-corrected chi connectivity index (χ2v) is 6.10. The summed E-state index contributed by atoms with van der Waals surface area (Å²) in [6, 6.07) is 9.30. The number of benzene rings is 1. The van der Waals surface area contributed by atoms with Gasteiger partial charge in [-0.3, -0.25) is 9.78 Å². The van der Waals surface area contributed by atoms with E-state index in [2.05, 4.69) is 15.0 Å². The van der Waals surface area contributed by atoms with Crippen LogP contribution >= 0.6 is 23.1 Å². The maximum Gasteiger partial charge on any atom is 0.325 e. The van der Waals surface area contributed by atoms with E-state index in [1.54, 1.807) is 11.3 Å². The number of nitrogens with zero attached hydrogens (tertiary/aromatic N) is 1. The van der Waals surface area contributed by atoms with Crippen molar-refractivity contribution in [3.8, 4) is 0 Å². The lowest BCUT2D eigenvalue weighted by Crippen LogP contribution is -2.22. The van der Waals surface area contributed by atoms with E-state index in [0.29, 0.717) is 11.4 Å². The quantitative estimate of drug-likeness (QED) is 0.723. The van der Waals surface area contributed by atoms with Crippen molar-refractivity contribution in [2.24, 2.45) is 0 Å². The summed E-state index contributed by atoms with van der Waals surface area (Å²) in [5.74, 6) is 0.513. The summed E-state index contributed by atoms with van der Waals surface area (Å²) >= 11 is 3.10. The Kier molecular flexibility index (Phi) is 3.22. The molecule has 2 aromatic heterocycles. The molecule has 0 radical (unpaired) electrons. The normalized spacial score (nSPS) is 10.9. The van der Waals surface area contributed by atoms with Gasteiger partial charge in [-0.1, -0.05) is 23.9 Å². The third-order valence-electron chi connectivity index (χ3n) is 2.44. The first-order chi connectivity index (χ1) is 9.20. The lowest BCUT2D eigenvalue weighted by Gasteiger charge is -1.97. The lowest BCUT2D eigenvalue weighted by atomic mass is 10.3.